The van der Waals surface area contributed by atoms with Crippen molar-refractivity contribution in [3.8, 4) is 11.5 Å². The second kappa shape index (κ2) is 4.96. The van der Waals surface area contributed by atoms with Crippen LogP contribution in [0.1, 0.15) is 36.5 Å². The summed E-state index contributed by atoms with van der Waals surface area (Å²) in [6.07, 6.45) is 2.98. The molecule has 0 unspecified atom stereocenters. The first kappa shape index (κ1) is 12.2. The predicted molar refractivity (Wildman–Crippen MR) is 66.6 cm³/mol. The van der Waals surface area contributed by atoms with Crippen molar-refractivity contribution in [2.24, 2.45) is 5.92 Å². The molecule has 1 N–H and O–H groups in total. The zero-order chi connectivity index (χ0) is 12.4. The maximum Gasteiger partial charge on any atom is 0.161 e. The average molecular weight is 236 g/mol. The maximum absolute atomic E-state index is 10.2. The van der Waals surface area contributed by atoms with Gasteiger partial charge in [0.1, 0.15) is 0 Å². The zero-order valence-electron chi connectivity index (χ0n) is 10.7. The van der Waals surface area contributed by atoms with E-state index in [1.54, 1.807) is 14.2 Å². The predicted octanol–water partition coefficient (Wildman–Crippen LogP) is 2.85. The van der Waals surface area contributed by atoms with Crippen LogP contribution < -0.4 is 9.47 Å². The number of ether oxygens (including phenoxy) is 2. The van der Waals surface area contributed by atoms with Crippen LogP contribution in [0.2, 0.25) is 0 Å². The second-order valence-electron chi connectivity index (χ2n) is 4.76. The van der Waals surface area contributed by atoms with Crippen LogP contribution in [0, 0.1) is 12.8 Å². The highest BCUT2D eigenvalue weighted by molar-refractivity contribution is 5.47. The lowest BCUT2D eigenvalue weighted by Gasteiger charge is -2.16. The molecule has 0 amide bonds. The Bertz CT molecular complexity index is 397. The van der Waals surface area contributed by atoms with Gasteiger partial charge < -0.3 is 14.6 Å². The van der Waals surface area contributed by atoms with E-state index in [9.17, 15) is 5.11 Å². The first-order chi connectivity index (χ1) is 8.15. The zero-order valence-corrected chi connectivity index (χ0v) is 10.7. The second-order valence-corrected chi connectivity index (χ2v) is 4.76. The van der Waals surface area contributed by atoms with E-state index in [1.165, 1.54) is 12.8 Å². The fourth-order valence-corrected chi connectivity index (χ4v) is 2.15. The van der Waals surface area contributed by atoms with E-state index < -0.39 is 0 Å². The van der Waals surface area contributed by atoms with E-state index in [0.717, 1.165) is 17.5 Å². The molecule has 0 heterocycles. The van der Waals surface area contributed by atoms with Crippen molar-refractivity contribution in [3.05, 3.63) is 23.3 Å². The minimum Gasteiger partial charge on any atom is -0.493 e. The van der Waals surface area contributed by atoms with Crippen molar-refractivity contribution < 1.29 is 14.6 Å². The van der Waals surface area contributed by atoms with Crippen molar-refractivity contribution in [1.82, 2.24) is 0 Å². The number of benzene rings is 1. The van der Waals surface area contributed by atoms with Gasteiger partial charge in [-0.3, -0.25) is 0 Å². The first-order valence-electron chi connectivity index (χ1n) is 6.06. The number of aliphatic hydroxyl groups is 1. The van der Waals surface area contributed by atoms with Gasteiger partial charge in [-0.2, -0.15) is 0 Å². The largest absolute Gasteiger partial charge is 0.493 e. The van der Waals surface area contributed by atoms with Crippen LogP contribution in [0.15, 0.2) is 12.1 Å². The van der Waals surface area contributed by atoms with E-state index in [-0.39, 0.29) is 6.10 Å². The normalized spacial score (nSPS) is 16.7. The summed E-state index contributed by atoms with van der Waals surface area (Å²) < 4.78 is 10.5. The summed E-state index contributed by atoms with van der Waals surface area (Å²) in [5, 5.41) is 10.2. The third-order valence-corrected chi connectivity index (χ3v) is 3.38. The topological polar surface area (TPSA) is 38.7 Å². The van der Waals surface area contributed by atoms with E-state index in [4.69, 9.17) is 9.47 Å². The molecule has 0 spiro atoms. The van der Waals surface area contributed by atoms with Crippen LogP contribution in [0.5, 0.6) is 11.5 Å². The Kier molecular flexibility index (Phi) is 3.57. The molecule has 0 aliphatic heterocycles. The van der Waals surface area contributed by atoms with Crippen molar-refractivity contribution in [2.75, 3.05) is 14.2 Å². The van der Waals surface area contributed by atoms with Crippen LogP contribution in [0.25, 0.3) is 0 Å². The van der Waals surface area contributed by atoms with Crippen LogP contribution in [0.4, 0.5) is 0 Å². The Morgan fingerprint density at radius 3 is 2.35 bits per heavy atom. The lowest BCUT2D eigenvalue weighted by molar-refractivity contribution is 0.159. The van der Waals surface area contributed by atoms with Crippen molar-refractivity contribution in [3.63, 3.8) is 0 Å². The molecule has 1 aromatic carbocycles. The third kappa shape index (κ3) is 2.72. The average Bonchev–Trinajstić information content (AvgIpc) is 3.12. The molecule has 0 radical (unpaired) electrons. The SMILES string of the molecule is COc1cc(C)c([C@@H](O)CC2CC2)cc1OC. The van der Waals surface area contributed by atoms with Crippen molar-refractivity contribution >= 4 is 0 Å². The molecule has 94 valence electrons. The molecule has 3 nitrogen and oxygen atoms in total. The van der Waals surface area contributed by atoms with Gasteiger partial charge in [0, 0.05) is 0 Å². The van der Waals surface area contributed by atoms with Gasteiger partial charge in [-0.05, 0) is 42.5 Å². The third-order valence-electron chi connectivity index (χ3n) is 3.38. The molecular weight excluding hydrogens is 216 g/mol. The highest BCUT2D eigenvalue weighted by Crippen LogP contribution is 2.40. The van der Waals surface area contributed by atoms with Gasteiger partial charge in [0.2, 0.25) is 0 Å². The van der Waals surface area contributed by atoms with Crippen LogP contribution in [0.3, 0.4) is 0 Å². The van der Waals surface area contributed by atoms with Gasteiger partial charge in [0.25, 0.3) is 0 Å². The Hall–Kier alpha value is -1.22. The molecule has 17 heavy (non-hydrogen) atoms. The summed E-state index contributed by atoms with van der Waals surface area (Å²) in [4.78, 5) is 0. The highest BCUT2D eigenvalue weighted by Gasteiger charge is 2.26. The summed E-state index contributed by atoms with van der Waals surface area (Å²) in [6, 6.07) is 3.81. The molecule has 1 aliphatic rings. The minimum atomic E-state index is -0.387. The van der Waals surface area contributed by atoms with Gasteiger partial charge in [0.05, 0.1) is 20.3 Å². The van der Waals surface area contributed by atoms with Crippen LogP contribution in [-0.2, 0) is 0 Å². The molecule has 1 aromatic rings. The van der Waals surface area contributed by atoms with Crippen molar-refractivity contribution in [2.45, 2.75) is 32.3 Å². The highest BCUT2D eigenvalue weighted by atomic mass is 16.5. The number of hydrogen-bond acceptors (Lipinski definition) is 3. The number of aliphatic hydroxyl groups excluding tert-OH is 1. The number of aryl methyl sites for hydroxylation is 1. The monoisotopic (exact) mass is 236 g/mol. The standard InChI is InChI=1S/C14H20O3/c1-9-6-13(16-2)14(17-3)8-11(9)12(15)7-10-4-5-10/h6,8,10,12,15H,4-5,7H2,1-3H3/t12-/m0/s1. The van der Waals surface area contributed by atoms with Gasteiger partial charge in [0.15, 0.2) is 11.5 Å². The summed E-state index contributed by atoms with van der Waals surface area (Å²) in [5.41, 5.74) is 2.00. The Balaban J connectivity index is 2.25. The molecule has 0 aromatic heterocycles. The van der Waals surface area contributed by atoms with Gasteiger partial charge in [-0.25, -0.2) is 0 Å². The molecule has 1 atom stereocenters. The number of hydrogen-bond donors (Lipinski definition) is 1. The minimum absolute atomic E-state index is 0.387. The molecule has 0 bridgehead atoms. The molecule has 1 saturated carbocycles. The first-order valence-corrected chi connectivity index (χ1v) is 6.06. The fraction of sp³-hybridized carbons (Fsp3) is 0.571. The summed E-state index contributed by atoms with van der Waals surface area (Å²) in [7, 11) is 3.24. The molecular formula is C14H20O3. The molecule has 1 aliphatic carbocycles. The van der Waals surface area contributed by atoms with Crippen LogP contribution >= 0.6 is 0 Å². The molecule has 0 saturated heterocycles. The van der Waals surface area contributed by atoms with Crippen molar-refractivity contribution in [1.29, 1.82) is 0 Å². The molecule has 3 heteroatoms. The maximum atomic E-state index is 10.2. The van der Waals surface area contributed by atoms with Gasteiger partial charge >= 0.3 is 0 Å². The lowest BCUT2D eigenvalue weighted by Crippen LogP contribution is -2.03. The molecule has 2 rings (SSSR count). The van der Waals surface area contributed by atoms with E-state index in [0.29, 0.717) is 17.4 Å². The number of rotatable bonds is 5. The van der Waals surface area contributed by atoms with Gasteiger partial charge in [-0.15, -0.1) is 0 Å². The van der Waals surface area contributed by atoms with Crippen LogP contribution in [-0.4, -0.2) is 19.3 Å². The summed E-state index contributed by atoms with van der Waals surface area (Å²) in [6.45, 7) is 1.99. The quantitative estimate of drug-likeness (QED) is 0.854. The summed E-state index contributed by atoms with van der Waals surface area (Å²) >= 11 is 0. The number of methoxy groups -OCH3 is 2. The smallest absolute Gasteiger partial charge is 0.161 e. The van der Waals surface area contributed by atoms with E-state index in [2.05, 4.69) is 0 Å². The Morgan fingerprint density at radius 2 is 1.82 bits per heavy atom. The van der Waals surface area contributed by atoms with E-state index in [1.807, 2.05) is 19.1 Å². The van der Waals surface area contributed by atoms with Gasteiger partial charge in [-0.1, -0.05) is 12.8 Å². The Morgan fingerprint density at radius 1 is 1.24 bits per heavy atom. The van der Waals surface area contributed by atoms with E-state index >= 15 is 0 Å². The summed E-state index contributed by atoms with van der Waals surface area (Å²) in [5.74, 6) is 2.10. The Labute approximate surface area is 102 Å². The lowest BCUT2D eigenvalue weighted by atomic mass is 9.98. The molecule has 1 fully saturated rings. The fourth-order valence-electron chi connectivity index (χ4n) is 2.15.